The summed E-state index contributed by atoms with van der Waals surface area (Å²) in [6.07, 6.45) is 3.64. The molecule has 0 saturated carbocycles. The van der Waals surface area contributed by atoms with Crippen molar-refractivity contribution in [2.75, 3.05) is 0 Å². The van der Waals surface area contributed by atoms with Crippen molar-refractivity contribution in [1.82, 2.24) is 9.99 Å². The SMILES string of the molecule is CC(C)n1ccc2ccc(C=NNC(N)=O)cc21. The summed E-state index contributed by atoms with van der Waals surface area (Å²) in [7, 11) is 0. The fourth-order valence-corrected chi connectivity index (χ4v) is 1.87. The van der Waals surface area contributed by atoms with E-state index in [4.69, 9.17) is 5.73 Å². The molecule has 0 aliphatic carbocycles. The summed E-state index contributed by atoms with van der Waals surface area (Å²) in [6.45, 7) is 4.27. The molecule has 0 fully saturated rings. The van der Waals surface area contributed by atoms with Crippen molar-refractivity contribution in [3.63, 3.8) is 0 Å². The smallest absolute Gasteiger partial charge is 0.332 e. The highest BCUT2D eigenvalue weighted by Gasteiger charge is 2.04. The first-order valence-electron chi connectivity index (χ1n) is 5.77. The molecular weight excluding hydrogens is 228 g/mol. The fourth-order valence-electron chi connectivity index (χ4n) is 1.87. The molecule has 18 heavy (non-hydrogen) atoms. The number of nitrogens with one attached hydrogen (secondary N) is 1. The average Bonchev–Trinajstić information content (AvgIpc) is 2.71. The molecule has 1 heterocycles. The molecule has 0 unspecified atom stereocenters. The highest BCUT2D eigenvalue weighted by molar-refractivity contribution is 5.89. The number of hydrogen-bond acceptors (Lipinski definition) is 2. The van der Waals surface area contributed by atoms with Crippen LogP contribution in [0.4, 0.5) is 4.79 Å². The Morgan fingerprint density at radius 1 is 1.44 bits per heavy atom. The molecule has 0 radical (unpaired) electrons. The van der Waals surface area contributed by atoms with Crippen LogP contribution in [0.5, 0.6) is 0 Å². The van der Waals surface area contributed by atoms with E-state index in [1.807, 2.05) is 18.2 Å². The van der Waals surface area contributed by atoms with Gasteiger partial charge in [0.05, 0.1) is 6.21 Å². The molecule has 2 amide bonds. The maximum absolute atomic E-state index is 10.5. The van der Waals surface area contributed by atoms with Gasteiger partial charge in [-0.2, -0.15) is 5.10 Å². The van der Waals surface area contributed by atoms with Gasteiger partial charge in [0.1, 0.15) is 0 Å². The van der Waals surface area contributed by atoms with E-state index in [1.165, 1.54) is 5.39 Å². The van der Waals surface area contributed by atoms with Crippen molar-refractivity contribution in [2.45, 2.75) is 19.9 Å². The first-order valence-corrected chi connectivity index (χ1v) is 5.77. The van der Waals surface area contributed by atoms with Gasteiger partial charge in [0.15, 0.2) is 0 Å². The van der Waals surface area contributed by atoms with E-state index < -0.39 is 6.03 Å². The molecule has 94 valence electrons. The molecule has 5 nitrogen and oxygen atoms in total. The van der Waals surface area contributed by atoms with E-state index in [2.05, 4.69) is 41.2 Å². The van der Waals surface area contributed by atoms with Crippen molar-refractivity contribution < 1.29 is 4.79 Å². The third-order valence-corrected chi connectivity index (χ3v) is 2.69. The summed E-state index contributed by atoms with van der Waals surface area (Å²) in [5, 5.41) is 4.93. The Morgan fingerprint density at radius 2 is 2.22 bits per heavy atom. The van der Waals surface area contributed by atoms with Crippen LogP contribution >= 0.6 is 0 Å². The minimum absolute atomic E-state index is 0.401. The number of fused-ring (bicyclic) bond motifs is 1. The zero-order chi connectivity index (χ0) is 13.1. The minimum atomic E-state index is -0.669. The maximum atomic E-state index is 10.5. The lowest BCUT2D eigenvalue weighted by Crippen LogP contribution is -2.24. The van der Waals surface area contributed by atoms with Gasteiger partial charge in [0.25, 0.3) is 0 Å². The van der Waals surface area contributed by atoms with E-state index in [9.17, 15) is 4.79 Å². The van der Waals surface area contributed by atoms with Gasteiger partial charge in [0, 0.05) is 17.8 Å². The largest absolute Gasteiger partial charge is 0.350 e. The Kier molecular flexibility index (Phi) is 3.32. The van der Waals surface area contributed by atoms with Crippen molar-refractivity contribution in [1.29, 1.82) is 0 Å². The molecular formula is C13H16N4O. The third kappa shape index (κ3) is 2.51. The van der Waals surface area contributed by atoms with Crippen LogP contribution in [0.15, 0.2) is 35.6 Å². The number of amides is 2. The number of benzene rings is 1. The molecule has 0 bridgehead atoms. The van der Waals surface area contributed by atoms with Crippen molar-refractivity contribution in [3.8, 4) is 0 Å². The van der Waals surface area contributed by atoms with Gasteiger partial charge in [-0.15, -0.1) is 0 Å². The topological polar surface area (TPSA) is 72.4 Å². The lowest BCUT2D eigenvalue weighted by molar-refractivity contribution is 0.249. The predicted octanol–water partition coefficient (Wildman–Crippen LogP) is 2.22. The highest BCUT2D eigenvalue weighted by Crippen LogP contribution is 2.20. The molecule has 0 spiro atoms. The molecule has 1 aromatic heterocycles. The number of hydrogen-bond donors (Lipinski definition) is 2. The summed E-state index contributed by atoms with van der Waals surface area (Å²) < 4.78 is 2.19. The molecule has 0 saturated heterocycles. The molecule has 2 aromatic rings. The molecule has 3 N–H and O–H groups in total. The number of carbonyl (C=O) groups excluding carboxylic acids is 1. The van der Waals surface area contributed by atoms with Crippen LogP contribution in [0.25, 0.3) is 10.9 Å². The first kappa shape index (κ1) is 12.2. The van der Waals surface area contributed by atoms with Crippen LogP contribution in [0.1, 0.15) is 25.5 Å². The van der Waals surface area contributed by atoms with E-state index in [1.54, 1.807) is 6.21 Å². The predicted molar refractivity (Wildman–Crippen MR) is 72.6 cm³/mol. The quantitative estimate of drug-likeness (QED) is 0.630. The second kappa shape index (κ2) is 4.91. The Labute approximate surface area is 105 Å². The van der Waals surface area contributed by atoms with Crippen molar-refractivity contribution in [2.24, 2.45) is 10.8 Å². The third-order valence-electron chi connectivity index (χ3n) is 2.69. The molecule has 2 rings (SSSR count). The fraction of sp³-hybridized carbons (Fsp3) is 0.231. The van der Waals surface area contributed by atoms with E-state index in [-0.39, 0.29) is 0 Å². The van der Waals surface area contributed by atoms with E-state index in [0.717, 1.165) is 11.1 Å². The van der Waals surface area contributed by atoms with Crippen LogP contribution in [0.3, 0.4) is 0 Å². The molecule has 0 aliphatic rings. The molecule has 0 atom stereocenters. The van der Waals surface area contributed by atoms with Gasteiger partial charge >= 0.3 is 6.03 Å². The summed E-state index contributed by atoms with van der Waals surface area (Å²) >= 11 is 0. The van der Waals surface area contributed by atoms with Gasteiger partial charge in [-0.1, -0.05) is 12.1 Å². The second-order valence-electron chi connectivity index (χ2n) is 4.37. The number of urea groups is 1. The zero-order valence-corrected chi connectivity index (χ0v) is 10.4. The van der Waals surface area contributed by atoms with Crippen molar-refractivity contribution >= 4 is 23.1 Å². The molecule has 1 aromatic carbocycles. The maximum Gasteiger partial charge on any atom is 0.332 e. The number of primary amides is 1. The average molecular weight is 244 g/mol. The van der Waals surface area contributed by atoms with Crippen LogP contribution in [-0.4, -0.2) is 16.8 Å². The zero-order valence-electron chi connectivity index (χ0n) is 10.4. The standard InChI is InChI=1S/C13H16N4O/c1-9(2)17-6-5-11-4-3-10(7-12(11)17)8-15-16-13(14)18/h3-9H,1-2H3,(H3,14,16,18). The Bertz CT molecular complexity index is 598. The van der Waals surface area contributed by atoms with Gasteiger partial charge < -0.3 is 10.3 Å². The van der Waals surface area contributed by atoms with E-state index in [0.29, 0.717) is 6.04 Å². The summed E-state index contributed by atoms with van der Waals surface area (Å²) in [5.74, 6) is 0. The number of hydrazone groups is 1. The van der Waals surface area contributed by atoms with Gasteiger partial charge in [-0.3, -0.25) is 0 Å². The monoisotopic (exact) mass is 244 g/mol. The first-order chi connectivity index (χ1) is 8.58. The van der Waals surface area contributed by atoms with Gasteiger partial charge in [-0.25, -0.2) is 10.2 Å². The Hall–Kier alpha value is -2.30. The lowest BCUT2D eigenvalue weighted by atomic mass is 10.2. The summed E-state index contributed by atoms with van der Waals surface area (Å²) in [4.78, 5) is 10.5. The molecule has 5 heteroatoms. The normalized spacial score (nSPS) is 11.5. The van der Waals surface area contributed by atoms with Crippen molar-refractivity contribution in [3.05, 3.63) is 36.0 Å². The van der Waals surface area contributed by atoms with Crippen LogP contribution in [-0.2, 0) is 0 Å². The number of carbonyl (C=O) groups is 1. The number of nitrogens with zero attached hydrogens (tertiary/aromatic N) is 2. The van der Waals surface area contributed by atoms with Crippen LogP contribution in [0.2, 0.25) is 0 Å². The summed E-state index contributed by atoms with van der Waals surface area (Å²) in [5.41, 5.74) is 9.16. The van der Waals surface area contributed by atoms with Crippen LogP contribution < -0.4 is 11.2 Å². The highest BCUT2D eigenvalue weighted by atomic mass is 16.2. The Balaban J connectivity index is 2.33. The number of rotatable bonds is 3. The number of aromatic nitrogens is 1. The Morgan fingerprint density at radius 3 is 2.89 bits per heavy atom. The van der Waals surface area contributed by atoms with Crippen LogP contribution in [0, 0.1) is 0 Å². The van der Waals surface area contributed by atoms with Gasteiger partial charge in [-0.05, 0) is 36.9 Å². The number of nitrogens with two attached hydrogens (primary N) is 1. The lowest BCUT2D eigenvalue weighted by Gasteiger charge is -2.09. The minimum Gasteiger partial charge on any atom is -0.350 e. The second-order valence-corrected chi connectivity index (χ2v) is 4.37. The van der Waals surface area contributed by atoms with E-state index >= 15 is 0 Å². The summed E-state index contributed by atoms with van der Waals surface area (Å²) in [6, 6.07) is 7.81. The van der Waals surface area contributed by atoms with Gasteiger partial charge in [0.2, 0.25) is 0 Å². The molecule has 0 aliphatic heterocycles.